The van der Waals surface area contributed by atoms with Crippen molar-refractivity contribution in [2.45, 2.75) is 56.0 Å². The molecule has 2 aromatic carbocycles. The van der Waals surface area contributed by atoms with Crippen LogP contribution in [0.3, 0.4) is 0 Å². The number of carbonyl (C=O) groups excluding carboxylic acids is 2. The van der Waals surface area contributed by atoms with Crippen LogP contribution >= 0.6 is 0 Å². The third-order valence-electron chi connectivity index (χ3n) is 6.09. The van der Waals surface area contributed by atoms with Gasteiger partial charge < -0.3 is 14.8 Å². The summed E-state index contributed by atoms with van der Waals surface area (Å²) >= 11 is 0. The molecule has 0 atom stereocenters. The van der Waals surface area contributed by atoms with E-state index in [1.807, 2.05) is 30.3 Å². The van der Waals surface area contributed by atoms with Crippen molar-refractivity contribution in [2.75, 3.05) is 20.8 Å². The van der Waals surface area contributed by atoms with Gasteiger partial charge >= 0.3 is 5.97 Å². The van der Waals surface area contributed by atoms with Gasteiger partial charge in [-0.1, -0.05) is 49.6 Å². The topological polar surface area (TPSA) is 102 Å². The molecule has 8 nitrogen and oxygen atoms in total. The molecule has 0 spiro atoms. The number of amides is 1. The number of esters is 1. The van der Waals surface area contributed by atoms with Crippen molar-refractivity contribution in [3.05, 3.63) is 59.7 Å². The van der Waals surface area contributed by atoms with Crippen LogP contribution in [0.25, 0.3) is 0 Å². The second kappa shape index (κ2) is 11.0. The highest BCUT2D eigenvalue weighted by Gasteiger charge is 2.42. The molecule has 0 unspecified atom stereocenters. The molecule has 2 aromatic rings. The first-order chi connectivity index (χ1) is 16.2. The van der Waals surface area contributed by atoms with Gasteiger partial charge in [0, 0.05) is 19.2 Å². The molecule has 1 aliphatic rings. The number of hydrogen-bond acceptors (Lipinski definition) is 6. The van der Waals surface area contributed by atoms with E-state index in [-0.39, 0.29) is 29.4 Å². The minimum Gasteiger partial charge on any atom is -0.495 e. The van der Waals surface area contributed by atoms with Gasteiger partial charge in [-0.25, -0.2) is 13.2 Å². The summed E-state index contributed by atoms with van der Waals surface area (Å²) in [6, 6.07) is 13.5. The average molecular weight is 489 g/mol. The van der Waals surface area contributed by atoms with Crippen LogP contribution in [-0.2, 0) is 26.1 Å². The van der Waals surface area contributed by atoms with Crippen LogP contribution in [0, 0.1) is 0 Å². The molecule has 184 valence electrons. The lowest BCUT2D eigenvalue weighted by molar-refractivity contribution is -0.152. The fourth-order valence-electron chi connectivity index (χ4n) is 4.21. The first-order valence-electron chi connectivity index (χ1n) is 11.4. The van der Waals surface area contributed by atoms with Crippen molar-refractivity contribution in [1.29, 1.82) is 0 Å². The fraction of sp³-hybridized carbons (Fsp3) is 0.440. The zero-order chi connectivity index (χ0) is 24.8. The molecule has 0 saturated heterocycles. The van der Waals surface area contributed by atoms with Gasteiger partial charge in [-0.2, -0.15) is 4.31 Å². The largest absolute Gasteiger partial charge is 0.495 e. The maximum absolute atomic E-state index is 13.4. The van der Waals surface area contributed by atoms with E-state index in [2.05, 4.69) is 5.32 Å². The molecule has 1 amide bonds. The van der Waals surface area contributed by atoms with E-state index in [9.17, 15) is 18.0 Å². The summed E-state index contributed by atoms with van der Waals surface area (Å²) in [7, 11) is -1.12. The van der Waals surface area contributed by atoms with E-state index >= 15 is 0 Å². The van der Waals surface area contributed by atoms with Crippen LogP contribution in [0.1, 0.15) is 54.9 Å². The minimum atomic E-state index is -3.97. The number of nitrogens with one attached hydrogen (secondary N) is 1. The number of nitrogens with zero attached hydrogens (tertiary/aromatic N) is 1. The summed E-state index contributed by atoms with van der Waals surface area (Å²) in [5, 5.41) is 2.86. The SMILES string of the molecule is CCOC(=O)C1(NC(=O)c2ccc(OC)c(S(=O)(=O)N(C)Cc3ccccc3)c2)CCCCC1. The van der Waals surface area contributed by atoms with E-state index in [0.717, 1.165) is 24.8 Å². The van der Waals surface area contributed by atoms with Gasteiger partial charge in [0.05, 0.1) is 13.7 Å². The zero-order valence-electron chi connectivity index (χ0n) is 19.9. The van der Waals surface area contributed by atoms with Gasteiger partial charge in [-0.15, -0.1) is 0 Å². The zero-order valence-corrected chi connectivity index (χ0v) is 20.7. The Balaban J connectivity index is 1.90. The lowest BCUT2D eigenvalue weighted by Gasteiger charge is -2.35. The Bertz CT molecular complexity index is 1110. The smallest absolute Gasteiger partial charge is 0.331 e. The number of carbonyl (C=O) groups is 2. The standard InChI is InChI=1S/C25H32N2O6S/c1-4-33-24(29)25(15-9-6-10-16-25)26-23(28)20-13-14-21(32-3)22(17-20)34(30,31)27(2)18-19-11-7-5-8-12-19/h5,7-8,11-14,17H,4,6,9-10,15-16,18H2,1-3H3,(H,26,28). The third kappa shape index (κ3) is 5.59. The Labute approximate surface area is 201 Å². The predicted octanol–water partition coefficient (Wildman–Crippen LogP) is 3.51. The van der Waals surface area contributed by atoms with Crippen LogP contribution in [-0.4, -0.2) is 50.9 Å². The number of rotatable bonds is 9. The number of benzene rings is 2. The highest BCUT2D eigenvalue weighted by atomic mass is 32.2. The maximum atomic E-state index is 13.4. The molecule has 34 heavy (non-hydrogen) atoms. The molecule has 0 aliphatic heterocycles. The van der Waals surface area contributed by atoms with Crippen molar-refractivity contribution in [3.63, 3.8) is 0 Å². The molecular weight excluding hydrogens is 456 g/mol. The Morgan fingerprint density at radius 3 is 2.35 bits per heavy atom. The lowest BCUT2D eigenvalue weighted by Crippen LogP contribution is -2.56. The summed E-state index contributed by atoms with van der Waals surface area (Å²) in [5.41, 5.74) is -0.147. The highest BCUT2D eigenvalue weighted by Crippen LogP contribution is 2.32. The quantitative estimate of drug-likeness (QED) is 0.542. The number of sulfonamides is 1. The summed E-state index contributed by atoms with van der Waals surface area (Å²) in [6.07, 6.45) is 3.55. The molecule has 1 saturated carbocycles. The molecule has 1 fully saturated rings. The average Bonchev–Trinajstić information content (AvgIpc) is 2.84. The third-order valence-corrected chi connectivity index (χ3v) is 7.91. The van der Waals surface area contributed by atoms with Gasteiger partial charge in [-0.05, 0) is 43.5 Å². The molecule has 9 heteroatoms. The number of hydrogen-bond donors (Lipinski definition) is 1. The summed E-state index contributed by atoms with van der Waals surface area (Å²) < 4.78 is 38.5. The van der Waals surface area contributed by atoms with Crippen molar-refractivity contribution in [2.24, 2.45) is 0 Å². The normalized spacial score (nSPS) is 15.5. The van der Waals surface area contributed by atoms with E-state index in [4.69, 9.17) is 9.47 Å². The molecule has 0 radical (unpaired) electrons. The van der Waals surface area contributed by atoms with Gasteiger partial charge in [0.15, 0.2) is 0 Å². The van der Waals surface area contributed by atoms with Crippen molar-refractivity contribution >= 4 is 21.9 Å². The van der Waals surface area contributed by atoms with E-state index in [0.29, 0.717) is 12.8 Å². The van der Waals surface area contributed by atoms with Crippen LogP contribution in [0.5, 0.6) is 5.75 Å². The van der Waals surface area contributed by atoms with Gasteiger partial charge in [0.1, 0.15) is 16.2 Å². The van der Waals surface area contributed by atoms with E-state index in [1.165, 1.54) is 36.7 Å². The van der Waals surface area contributed by atoms with Gasteiger partial charge in [0.25, 0.3) is 5.91 Å². The minimum absolute atomic E-state index is 0.116. The Kier molecular flexibility index (Phi) is 8.33. The maximum Gasteiger partial charge on any atom is 0.331 e. The number of methoxy groups -OCH3 is 1. The Hall–Kier alpha value is -2.91. The van der Waals surface area contributed by atoms with Crippen LogP contribution in [0.4, 0.5) is 0 Å². The van der Waals surface area contributed by atoms with Crippen molar-refractivity contribution in [1.82, 2.24) is 9.62 Å². The molecule has 1 aliphatic carbocycles. The number of ether oxygens (including phenoxy) is 2. The summed E-state index contributed by atoms with van der Waals surface area (Å²) in [6.45, 7) is 2.10. The highest BCUT2D eigenvalue weighted by molar-refractivity contribution is 7.89. The van der Waals surface area contributed by atoms with Crippen LogP contribution in [0.15, 0.2) is 53.4 Å². The monoisotopic (exact) mass is 488 g/mol. The van der Waals surface area contributed by atoms with E-state index < -0.39 is 27.4 Å². The molecule has 0 heterocycles. The molecule has 1 N–H and O–H groups in total. The lowest BCUT2D eigenvalue weighted by atomic mass is 9.81. The van der Waals surface area contributed by atoms with Crippen LogP contribution in [0.2, 0.25) is 0 Å². The van der Waals surface area contributed by atoms with Gasteiger partial charge in [-0.3, -0.25) is 4.79 Å². The van der Waals surface area contributed by atoms with E-state index in [1.54, 1.807) is 6.92 Å². The molecule has 3 rings (SSSR count). The Morgan fingerprint density at radius 2 is 1.74 bits per heavy atom. The predicted molar refractivity (Wildman–Crippen MR) is 128 cm³/mol. The second-order valence-electron chi connectivity index (χ2n) is 8.43. The van der Waals surface area contributed by atoms with Crippen molar-refractivity contribution in [3.8, 4) is 5.75 Å². The van der Waals surface area contributed by atoms with Crippen LogP contribution < -0.4 is 10.1 Å². The first kappa shape index (κ1) is 25.7. The van der Waals surface area contributed by atoms with Crippen molar-refractivity contribution < 1.29 is 27.5 Å². The molecular formula is C25H32N2O6S. The summed E-state index contributed by atoms with van der Waals surface area (Å²) in [4.78, 5) is 25.8. The Morgan fingerprint density at radius 1 is 1.06 bits per heavy atom. The molecule has 0 bridgehead atoms. The second-order valence-corrected chi connectivity index (χ2v) is 10.4. The summed E-state index contributed by atoms with van der Waals surface area (Å²) in [5.74, 6) is -0.846. The fourth-order valence-corrected chi connectivity index (χ4v) is 5.54. The van der Waals surface area contributed by atoms with Gasteiger partial charge in [0.2, 0.25) is 10.0 Å². The first-order valence-corrected chi connectivity index (χ1v) is 12.9. The molecule has 0 aromatic heterocycles.